The molecule has 3 nitrogen and oxygen atoms in total. The second kappa shape index (κ2) is 7.72. The molecule has 3 aromatic carbocycles. The summed E-state index contributed by atoms with van der Waals surface area (Å²) < 4.78 is 0. The van der Waals surface area contributed by atoms with E-state index < -0.39 is 0 Å². The highest BCUT2D eigenvalue weighted by molar-refractivity contribution is 8.04. The van der Waals surface area contributed by atoms with Gasteiger partial charge in [0.2, 0.25) is 0 Å². The summed E-state index contributed by atoms with van der Waals surface area (Å²) in [7, 11) is 0. The molecule has 0 bridgehead atoms. The van der Waals surface area contributed by atoms with Crippen LogP contribution < -0.4 is 4.90 Å². The molecule has 0 saturated carbocycles. The van der Waals surface area contributed by atoms with E-state index in [1.54, 1.807) is 0 Å². The summed E-state index contributed by atoms with van der Waals surface area (Å²) in [4.78, 5) is 29.5. The van der Waals surface area contributed by atoms with Crippen molar-refractivity contribution in [2.24, 2.45) is 0 Å². The van der Waals surface area contributed by atoms with Gasteiger partial charge in [-0.2, -0.15) is 0 Å². The molecule has 0 saturated heterocycles. The second-order valence-corrected chi connectivity index (χ2v) is 8.28. The number of rotatable bonds is 4. The van der Waals surface area contributed by atoms with Crippen LogP contribution >= 0.6 is 11.8 Å². The monoisotopic (exact) mass is 399 g/mol. The van der Waals surface area contributed by atoms with Gasteiger partial charge in [0, 0.05) is 4.90 Å². The minimum atomic E-state index is -0.277. The van der Waals surface area contributed by atoms with Crippen molar-refractivity contribution in [3.63, 3.8) is 0 Å². The molecule has 0 aliphatic carbocycles. The molecule has 144 valence electrons. The van der Waals surface area contributed by atoms with E-state index in [2.05, 4.69) is 0 Å². The van der Waals surface area contributed by atoms with Crippen LogP contribution in [0.25, 0.3) is 5.57 Å². The lowest BCUT2D eigenvalue weighted by atomic mass is 10.0. The smallest absolute Gasteiger partial charge is 0.268 e. The van der Waals surface area contributed by atoms with Crippen molar-refractivity contribution in [1.82, 2.24) is 0 Å². The topological polar surface area (TPSA) is 37.4 Å². The highest BCUT2D eigenvalue weighted by Crippen LogP contribution is 2.41. The number of hydrogen-bond donors (Lipinski definition) is 0. The Kier molecular flexibility index (Phi) is 5.12. The van der Waals surface area contributed by atoms with E-state index in [1.165, 1.54) is 16.7 Å². The number of benzene rings is 3. The zero-order valence-corrected chi connectivity index (χ0v) is 17.4. The molecule has 1 aliphatic rings. The first-order chi connectivity index (χ1) is 14.0. The second-order valence-electron chi connectivity index (χ2n) is 7.20. The van der Waals surface area contributed by atoms with Crippen LogP contribution in [0, 0.1) is 20.8 Å². The lowest BCUT2D eigenvalue weighted by Crippen LogP contribution is -2.31. The minimum absolute atomic E-state index is 0.277. The summed E-state index contributed by atoms with van der Waals surface area (Å²) in [5.74, 6) is -0.554. The molecule has 3 aromatic rings. The van der Waals surface area contributed by atoms with Crippen LogP contribution in [0.4, 0.5) is 5.69 Å². The number of nitrogens with zero attached hydrogens (tertiary/aromatic N) is 1. The van der Waals surface area contributed by atoms with Gasteiger partial charge in [0.1, 0.15) is 0 Å². The Bertz CT molecular complexity index is 1130. The van der Waals surface area contributed by atoms with Crippen molar-refractivity contribution in [1.29, 1.82) is 0 Å². The SMILES string of the molecule is Cc1ccc(N2C(=O)C(Sc3ccccc3)=C(c3ccc(C)c(C)c3)C2=O)cc1. The fourth-order valence-corrected chi connectivity index (χ4v) is 4.31. The van der Waals surface area contributed by atoms with E-state index in [0.29, 0.717) is 16.2 Å². The number of thioether (sulfide) groups is 1. The Labute approximate surface area is 175 Å². The molecule has 4 heteroatoms. The van der Waals surface area contributed by atoms with Crippen molar-refractivity contribution in [2.75, 3.05) is 4.90 Å². The van der Waals surface area contributed by atoms with E-state index in [9.17, 15) is 9.59 Å². The van der Waals surface area contributed by atoms with Crippen LogP contribution in [0.5, 0.6) is 0 Å². The molecule has 0 unspecified atom stereocenters. The molecule has 1 heterocycles. The molecule has 0 radical (unpaired) electrons. The van der Waals surface area contributed by atoms with E-state index in [-0.39, 0.29) is 11.8 Å². The van der Waals surface area contributed by atoms with Gasteiger partial charge in [0.25, 0.3) is 11.8 Å². The van der Waals surface area contributed by atoms with Crippen LogP contribution in [-0.4, -0.2) is 11.8 Å². The lowest BCUT2D eigenvalue weighted by molar-refractivity contribution is -0.119. The molecule has 1 aliphatic heterocycles. The standard InChI is InChI=1S/C25H21NO2S/c1-16-9-13-20(14-10-16)26-24(27)22(19-12-11-17(2)18(3)15-19)23(25(26)28)29-21-7-5-4-6-8-21/h4-15H,1-3H3. The molecule has 0 aromatic heterocycles. The number of hydrogen-bond acceptors (Lipinski definition) is 3. The van der Waals surface area contributed by atoms with Crippen molar-refractivity contribution in [3.05, 3.63) is 100.0 Å². The maximum atomic E-state index is 13.4. The average Bonchev–Trinajstić information content (AvgIpc) is 2.96. The third-order valence-corrected chi connectivity index (χ3v) is 6.18. The maximum Gasteiger partial charge on any atom is 0.272 e. The van der Waals surface area contributed by atoms with Gasteiger partial charge >= 0.3 is 0 Å². The predicted octanol–water partition coefficient (Wildman–Crippen LogP) is 5.69. The summed E-state index contributed by atoms with van der Waals surface area (Å²) in [5.41, 5.74) is 5.16. The van der Waals surface area contributed by atoms with Gasteiger partial charge < -0.3 is 0 Å². The van der Waals surface area contributed by atoms with Gasteiger partial charge in [0.05, 0.1) is 16.2 Å². The molecule has 4 rings (SSSR count). The van der Waals surface area contributed by atoms with Gasteiger partial charge in [-0.05, 0) is 61.7 Å². The zero-order chi connectivity index (χ0) is 20.5. The maximum absolute atomic E-state index is 13.4. The number of carbonyl (C=O) groups excluding carboxylic acids is 2. The van der Waals surface area contributed by atoms with E-state index in [0.717, 1.165) is 27.1 Å². The number of imide groups is 1. The molecule has 0 spiro atoms. The van der Waals surface area contributed by atoms with Gasteiger partial charge in [-0.15, -0.1) is 0 Å². The molecular formula is C25H21NO2S. The number of aryl methyl sites for hydroxylation is 3. The van der Waals surface area contributed by atoms with Crippen LogP contribution in [0.15, 0.2) is 82.6 Å². The fraction of sp³-hybridized carbons (Fsp3) is 0.120. The Hall–Kier alpha value is -3.11. The Balaban J connectivity index is 1.84. The molecular weight excluding hydrogens is 378 g/mol. The lowest BCUT2D eigenvalue weighted by Gasteiger charge is -2.15. The average molecular weight is 400 g/mol. The highest BCUT2D eigenvalue weighted by atomic mass is 32.2. The summed E-state index contributed by atoms with van der Waals surface area (Å²) in [6.45, 7) is 6.03. The molecule has 0 N–H and O–H groups in total. The minimum Gasteiger partial charge on any atom is -0.268 e. The van der Waals surface area contributed by atoms with E-state index in [4.69, 9.17) is 0 Å². The number of amides is 2. The van der Waals surface area contributed by atoms with Gasteiger partial charge in [-0.3, -0.25) is 9.59 Å². The zero-order valence-electron chi connectivity index (χ0n) is 16.6. The first-order valence-corrected chi connectivity index (χ1v) is 10.3. The Morgan fingerprint density at radius 2 is 1.41 bits per heavy atom. The molecule has 0 fully saturated rings. The van der Waals surface area contributed by atoms with Gasteiger partial charge in [-0.1, -0.05) is 65.9 Å². The largest absolute Gasteiger partial charge is 0.272 e. The highest BCUT2D eigenvalue weighted by Gasteiger charge is 2.40. The van der Waals surface area contributed by atoms with Crippen molar-refractivity contribution >= 4 is 34.8 Å². The first-order valence-electron chi connectivity index (χ1n) is 9.46. The van der Waals surface area contributed by atoms with Gasteiger partial charge in [-0.25, -0.2) is 4.90 Å². The fourth-order valence-electron chi connectivity index (χ4n) is 3.29. The van der Waals surface area contributed by atoms with Crippen LogP contribution in [-0.2, 0) is 9.59 Å². The third-order valence-electron chi connectivity index (χ3n) is 5.09. The summed E-state index contributed by atoms with van der Waals surface area (Å²) in [6.07, 6.45) is 0. The summed E-state index contributed by atoms with van der Waals surface area (Å²) in [5, 5.41) is 0. The van der Waals surface area contributed by atoms with Crippen molar-refractivity contribution in [2.45, 2.75) is 25.7 Å². The van der Waals surface area contributed by atoms with E-state index in [1.807, 2.05) is 93.6 Å². The van der Waals surface area contributed by atoms with Crippen molar-refractivity contribution in [3.8, 4) is 0 Å². The third kappa shape index (κ3) is 3.64. The summed E-state index contributed by atoms with van der Waals surface area (Å²) >= 11 is 1.35. The van der Waals surface area contributed by atoms with Gasteiger partial charge in [0.15, 0.2) is 0 Å². The van der Waals surface area contributed by atoms with Crippen LogP contribution in [0.2, 0.25) is 0 Å². The summed E-state index contributed by atoms with van der Waals surface area (Å²) in [6, 6.07) is 23.0. The van der Waals surface area contributed by atoms with Crippen LogP contribution in [0.1, 0.15) is 22.3 Å². The molecule has 29 heavy (non-hydrogen) atoms. The normalized spacial score (nSPS) is 14.1. The first kappa shape index (κ1) is 19.2. The Morgan fingerprint density at radius 1 is 0.724 bits per heavy atom. The number of anilines is 1. The molecule has 2 amide bonds. The van der Waals surface area contributed by atoms with Crippen LogP contribution in [0.3, 0.4) is 0 Å². The number of carbonyl (C=O) groups is 2. The quantitative estimate of drug-likeness (QED) is 0.529. The van der Waals surface area contributed by atoms with Crippen molar-refractivity contribution < 1.29 is 9.59 Å². The molecule has 0 atom stereocenters. The predicted molar refractivity (Wildman–Crippen MR) is 119 cm³/mol. The Morgan fingerprint density at radius 3 is 2.07 bits per heavy atom. The van der Waals surface area contributed by atoms with E-state index >= 15 is 0 Å².